The lowest BCUT2D eigenvalue weighted by atomic mass is 9.99. The van der Waals surface area contributed by atoms with Crippen LogP contribution in [0.25, 0.3) is 0 Å². The lowest BCUT2D eigenvalue weighted by Crippen LogP contribution is -2.39. The highest BCUT2D eigenvalue weighted by Gasteiger charge is 2.16. The molecule has 3 aromatic carbocycles. The Morgan fingerprint density at radius 2 is 1.35 bits per heavy atom. The second-order valence-electron chi connectivity index (χ2n) is 6.00. The van der Waals surface area contributed by atoms with Gasteiger partial charge in [0, 0.05) is 6.54 Å². The minimum absolute atomic E-state index is 0.245. The van der Waals surface area contributed by atoms with Gasteiger partial charge in [-0.15, -0.1) is 0 Å². The van der Waals surface area contributed by atoms with Crippen LogP contribution in [0, 0.1) is 5.82 Å². The van der Waals surface area contributed by atoms with Crippen LogP contribution in [0.15, 0.2) is 84.9 Å². The van der Waals surface area contributed by atoms with Crippen LogP contribution in [0.4, 0.5) is 9.18 Å². The average Bonchev–Trinajstić information content (AvgIpc) is 2.69. The van der Waals surface area contributed by atoms with E-state index in [-0.39, 0.29) is 17.9 Å². The summed E-state index contributed by atoms with van der Waals surface area (Å²) in [6.07, 6.45) is 0.446. The molecule has 0 aliphatic carbocycles. The number of benzene rings is 3. The molecule has 2 N–H and O–H groups in total. The topological polar surface area (TPSA) is 41.1 Å². The average molecular weight is 348 g/mol. The summed E-state index contributed by atoms with van der Waals surface area (Å²) in [6, 6.07) is 25.7. The van der Waals surface area contributed by atoms with E-state index in [0.29, 0.717) is 18.5 Å². The smallest absolute Gasteiger partial charge is 0.315 e. The highest BCUT2D eigenvalue weighted by atomic mass is 19.1. The Morgan fingerprint density at radius 1 is 0.808 bits per heavy atom. The van der Waals surface area contributed by atoms with E-state index < -0.39 is 0 Å². The fourth-order valence-electron chi connectivity index (χ4n) is 2.84. The highest BCUT2D eigenvalue weighted by molar-refractivity contribution is 5.75. The van der Waals surface area contributed by atoms with Crippen molar-refractivity contribution >= 4 is 6.03 Å². The van der Waals surface area contributed by atoms with Gasteiger partial charge in [0.2, 0.25) is 0 Å². The van der Waals surface area contributed by atoms with E-state index in [1.807, 2.05) is 60.7 Å². The highest BCUT2D eigenvalue weighted by Crippen LogP contribution is 2.21. The summed E-state index contributed by atoms with van der Waals surface area (Å²) >= 11 is 0. The molecule has 0 aliphatic heterocycles. The van der Waals surface area contributed by atoms with Crippen LogP contribution >= 0.6 is 0 Å². The molecule has 0 spiro atoms. The minimum atomic E-state index is -0.279. The molecule has 3 nitrogen and oxygen atoms in total. The first kappa shape index (κ1) is 17.7. The summed E-state index contributed by atoms with van der Waals surface area (Å²) in [7, 11) is 0. The molecular weight excluding hydrogens is 327 g/mol. The van der Waals surface area contributed by atoms with E-state index in [4.69, 9.17) is 0 Å². The second kappa shape index (κ2) is 8.81. The van der Waals surface area contributed by atoms with E-state index >= 15 is 0 Å². The molecule has 132 valence electrons. The molecular formula is C22H21FN2O. The van der Waals surface area contributed by atoms with E-state index in [1.54, 1.807) is 18.2 Å². The molecule has 0 fully saturated rings. The van der Waals surface area contributed by atoms with E-state index in [1.165, 1.54) is 6.07 Å². The largest absolute Gasteiger partial charge is 0.338 e. The predicted octanol–water partition coefficient (Wildman–Crippen LogP) is 4.46. The van der Waals surface area contributed by atoms with Crippen LogP contribution in [0.3, 0.4) is 0 Å². The van der Waals surface area contributed by atoms with Crippen molar-refractivity contribution in [2.45, 2.75) is 12.5 Å². The molecule has 0 heterocycles. The quantitative estimate of drug-likeness (QED) is 0.679. The van der Waals surface area contributed by atoms with Crippen LogP contribution in [-0.2, 0) is 6.42 Å². The van der Waals surface area contributed by atoms with Gasteiger partial charge < -0.3 is 10.6 Å². The van der Waals surface area contributed by atoms with Crippen molar-refractivity contribution < 1.29 is 9.18 Å². The van der Waals surface area contributed by atoms with Gasteiger partial charge in [0.05, 0.1) is 6.04 Å². The number of carbonyl (C=O) groups is 1. The number of nitrogens with one attached hydrogen (secondary N) is 2. The fraction of sp³-hybridized carbons (Fsp3) is 0.136. The number of hydrogen-bond acceptors (Lipinski definition) is 1. The fourth-order valence-corrected chi connectivity index (χ4v) is 2.84. The van der Waals surface area contributed by atoms with E-state index in [2.05, 4.69) is 10.6 Å². The SMILES string of the molecule is O=C(NCCc1ccccc1F)NC(c1ccccc1)c1ccccc1. The molecule has 4 heteroatoms. The molecule has 2 amide bonds. The predicted molar refractivity (Wildman–Crippen MR) is 101 cm³/mol. The third kappa shape index (κ3) is 4.70. The van der Waals surface area contributed by atoms with Crippen LogP contribution in [0.2, 0.25) is 0 Å². The summed E-state index contributed by atoms with van der Waals surface area (Å²) in [6.45, 7) is 0.364. The lowest BCUT2D eigenvalue weighted by Gasteiger charge is -2.20. The summed E-state index contributed by atoms with van der Waals surface area (Å²) in [5, 5.41) is 5.82. The van der Waals surface area contributed by atoms with Crippen molar-refractivity contribution in [1.82, 2.24) is 10.6 Å². The Morgan fingerprint density at radius 3 is 1.92 bits per heavy atom. The van der Waals surface area contributed by atoms with E-state index in [0.717, 1.165) is 11.1 Å². The summed E-state index contributed by atoms with van der Waals surface area (Å²) in [5.74, 6) is -0.249. The normalized spacial score (nSPS) is 10.5. The van der Waals surface area contributed by atoms with Gasteiger partial charge >= 0.3 is 6.03 Å². The molecule has 0 saturated carbocycles. The minimum Gasteiger partial charge on any atom is -0.338 e. The molecule has 0 bridgehead atoms. The number of rotatable bonds is 6. The number of hydrogen-bond donors (Lipinski definition) is 2. The van der Waals surface area contributed by atoms with Gasteiger partial charge in [-0.25, -0.2) is 9.18 Å². The number of amides is 2. The molecule has 0 aromatic heterocycles. The second-order valence-corrected chi connectivity index (χ2v) is 6.00. The summed E-state index contributed by atoms with van der Waals surface area (Å²) < 4.78 is 13.6. The first-order valence-electron chi connectivity index (χ1n) is 8.61. The Balaban J connectivity index is 1.63. The Kier molecular flexibility index (Phi) is 5.99. The van der Waals surface area contributed by atoms with Crippen LogP contribution in [0.5, 0.6) is 0 Å². The van der Waals surface area contributed by atoms with Gasteiger partial charge in [-0.3, -0.25) is 0 Å². The number of carbonyl (C=O) groups excluding carboxylic acids is 1. The first-order valence-corrected chi connectivity index (χ1v) is 8.61. The molecule has 26 heavy (non-hydrogen) atoms. The van der Waals surface area contributed by atoms with Gasteiger partial charge in [0.15, 0.2) is 0 Å². The van der Waals surface area contributed by atoms with Crippen molar-refractivity contribution in [1.29, 1.82) is 0 Å². The van der Waals surface area contributed by atoms with Crippen molar-refractivity contribution in [3.05, 3.63) is 107 Å². The van der Waals surface area contributed by atoms with Crippen molar-refractivity contribution in [2.75, 3.05) is 6.54 Å². The van der Waals surface area contributed by atoms with Gasteiger partial charge in [-0.05, 0) is 29.2 Å². The van der Waals surface area contributed by atoms with Crippen molar-refractivity contribution in [3.63, 3.8) is 0 Å². The zero-order chi connectivity index (χ0) is 18.2. The number of halogens is 1. The Labute approximate surface area is 152 Å². The molecule has 3 rings (SSSR count). The summed E-state index contributed by atoms with van der Waals surface area (Å²) in [5.41, 5.74) is 2.60. The first-order chi connectivity index (χ1) is 12.7. The Bertz CT molecular complexity index is 798. The molecule has 0 radical (unpaired) electrons. The zero-order valence-corrected chi connectivity index (χ0v) is 14.4. The zero-order valence-electron chi connectivity index (χ0n) is 14.4. The van der Waals surface area contributed by atoms with Gasteiger partial charge in [0.25, 0.3) is 0 Å². The standard InChI is InChI=1S/C22H21FN2O/c23-20-14-8-7-9-17(20)15-16-24-22(26)25-21(18-10-3-1-4-11-18)19-12-5-2-6-13-19/h1-14,21H,15-16H2,(H2,24,25,26). The third-order valence-corrected chi connectivity index (χ3v) is 4.18. The maximum absolute atomic E-state index is 13.6. The van der Waals surface area contributed by atoms with Crippen LogP contribution in [-0.4, -0.2) is 12.6 Å². The molecule has 0 atom stereocenters. The van der Waals surface area contributed by atoms with Crippen molar-refractivity contribution in [2.24, 2.45) is 0 Å². The van der Waals surface area contributed by atoms with Crippen LogP contribution in [0.1, 0.15) is 22.7 Å². The maximum Gasteiger partial charge on any atom is 0.315 e. The number of urea groups is 1. The van der Waals surface area contributed by atoms with Gasteiger partial charge in [-0.1, -0.05) is 78.9 Å². The molecule has 3 aromatic rings. The third-order valence-electron chi connectivity index (χ3n) is 4.18. The molecule has 0 unspecified atom stereocenters. The van der Waals surface area contributed by atoms with Gasteiger partial charge in [0.1, 0.15) is 5.82 Å². The van der Waals surface area contributed by atoms with Crippen molar-refractivity contribution in [3.8, 4) is 0 Å². The maximum atomic E-state index is 13.6. The Hall–Kier alpha value is -3.14. The lowest BCUT2D eigenvalue weighted by molar-refractivity contribution is 0.239. The molecule has 0 aliphatic rings. The summed E-state index contributed by atoms with van der Waals surface area (Å²) in [4.78, 5) is 12.4. The monoisotopic (exact) mass is 348 g/mol. The molecule has 0 saturated heterocycles. The van der Waals surface area contributed by atoms with Crippen LogP contribution < -0.4 is 10.6 Å². The van der Waals surface area contributed by atoms with E-state index in [9.17, 15) is 9.18 Å². The van der Waals surface area contributed by atoms with Gasteiger partial charge in [-0.2, -0.15) is 0 Å².